The predicted molar refractivity (Wildman–Crippen MR) is 102 cm³/mol. The summed E-state index contributed by atoms with van der Waals surface area (Å²) in [4.78, 5) is 16.8. The summed E-state index contributed by atoms with van der Waals surface area (Å²) in [5.41, 5.74) is 2.57. The zero-order valence-electron chi connectivity index (χ0n) is 15.2. The van der Waals surface area contributed by atoms with Gasteiger partial charge in [-0.15, -0.1) is 0 Å². The van der Waals surface area contributed by atoms with Crippen LogP contribution in [0.3, 0.4) is 0 Å². The Hall–Kier alpha value is -2.45. The number of carbonyl (C=O) groups is 1. The first-order chi connectivity index (χ1) is 12.8. The third-order valence-corrected chi connectivity index (χ3v) is 6.31. The third-order valence-electron chi connectivity index (χ3n) is 5.18. The van der Waals surface area contributed by atoms with Gasteiger partial charge in [0, 0.05) is 29.5 Å². The van der Waals surface area contributed by atoms with E-state index in [0.29, 0.717) is 30.9 Å². The zero-order valence-corrected chi connectivity index (χ0v) is 16.0. The summed E-state index contributed by atoms with van der Waals surface area (Å²) in [5, 5.41) is 2.86. The molecule has 3 heterocycles. The molecular weight excluding hydrogens is 366 g/mol. The molecule has 0 bridgehead atoms. The number of para-hydroxylation sites is 1. The number of carbonyl (C=O) groups excluding carboxylic acids is 1. The van der Waals surface area contributed by atoms with E-state index in [0.717, 1.165) is 11.3 Å². The quantitative estimate of drug-likeness (QED) is 0.868. The van der Waals surface area contributed by atoms with Crippen LogP contribution in [0, 0.1) is 6.92 Å². The molecule has 2 atom stereocenters. The van der Waals surface area contributed by atoms with Crippen LogP contribution in [0.5, 0.6) is 0 Å². The second-order valence-electron chi connectivity index (χ2n) is 7.25. The van der Waals surface area contributed by atoms with Gasteiger partial charge < -0.3 is 10.1 Å². The number of hydrogen-bond acceptors (Lipinski definition) is 5. The summed E-state index contributed by atoms with van der Waals surface area (Å²) < 4.78 is 31.7. The number of hydrogen-bond donors (Lipinski definition) is 1. The second kappa shape index (κ2) is 6.31. The number of aryl methyl sites for hydroxylation is 1. The summed E-state index contributed by atoms with van der Waals surface area (Å²) in [6.45, 7) is 2.46. The molecule has 2 unspecified atom stereocenters. The van der Waals surface area contributed by atoms with Crippen LogP contribution in [-0.2, 0) is 25.0 Å². The molecule has 2 aliphatic rings. The van der Waals surface area contributed by atoms with Crippen molar-refractivity contribution in [2.75, 3.05) is 29.0 Å². The normalized spacial score (nSPS) is 24.2. The van der Waals surface area contributed by atoms with Crippen molar-refractivity contribution in [1.29, 1.82) is 0 Å². The highest BCUT2D eigenvalue weighted by Gasteiger charge is 2.52. The van der Waals surface area contributed by atoms with Gasteiger partial charge in [0.15, 0.2) is 0 Å². The molecule has 2 aliphatic heterocycles. The smallest absolute Gasteiger partial charge is 0.253 e. The van der Waals surface area contributed by atoms with Gasteiger partial charge >= 0.3 is 0 Å². The maximum absolute atomic E-state index is 12.7. The first-order valence-corrected chi connectivity index (χ1v) is 10.6. The molecule has 1 N–H and O–H groups in total. The number of aromatic nitrogens is 1. The molecule has 0 saturated carbocycles. The van der Waals surface area contributed by atoms with Gasteiger partial charge in [-0.1, -0.05) is 18.2 Å². The van der Waals surface area contributed by atoms with E-state index in [1.54, 1.807) is 24.4 Å². The Morgan fingerprint density at radius 2 is 2.11 bits per heavy atom. The Balaban J connectivity index is 1.57. The van der Waals surface area contributed by atoms with E-state index in [9.17, 15) is 13.2 Å². The SMILES string of the molecule is Cc1cc(NC(=O)C2CC3(CO2)CN(S(C)(=O)=O)c2ccccc23)ccn1. The minimum Gasteiger partial charge on any atom is -0.367 e. The first-order valence-electron chi connectivity index (χ1n) is 8.71. The summed E-state index contributed by atoms with van der Waals surface area (Å²) >= 11 is 0. The molecule has 142 valence electrons. The molecule has 0 radical (unpaired) electrons. The van der Waals surface area contributed by atoms with Crippen molar-refractivity contribution in [2.24, 2.45) is 0 Å². The summed E-state index contributed by atoms with van der Waals surface area (Å²) in [6, 6.07) is 11.0. The lowest BCUT2D eigenvalue weighted by molar-refractivity contribution is -0.124. The molecule has 8 heteroatoms. The van der Waals surface area contributed by atoms with E-state index < -0.39 is 21.5 Å². The molecule has 0 aliphatic carbocycles. The number of nitrogens with zero attached hydrogens (tertiary/aromatic N) is 2. The number of fused-ring (bicyclic) bond motifs is 2. The van der Waals surface area contributed by atoms with Gasteiger partial charge in [-0.25, -0.2) is 8.42 Å². The fraction of sp³-hybridized carbons (Fsp3) is 0.368. The third kappa shape index (κ3) is 3.19. The summed E-state index contributed by atoms with van der Waals surface area (Å²) in [6.07, 6.45) is 2.64. The molecule has 1 aromatic heterocycles. The topological polar surface area (TPSA) is 88.6 Å². The van der Waals surface area contributed by atoms with Gasteiger partial charge in [0.1, 0.15) is 6.10 Å². The van der Waals surface area contributed by atoms with Crippen molar-refractivity contribution in [3.8, 4) is 0 Å². The van der Waals surface area contributed by atoms with Crippen LogP contribution >= 0.6 is 0 Å². The molecular formula is C19H21N3O4S. The molecule has 2 aromatic rings. The largest absolute Gasteiger partial charge is 0.367 e. The predicted octanol–water partition coefficient (Wildman–Crippen LogP) is 1.84. The van der Waals surface area contributed by atoms with Crippen molar-refractivity contribution < 1.29 is 17.9 Å². The van der Waals surface area contributed by atoms with Crippen LogP contribution in [0.4, 0.5) is 11.4 Å². The van der Waals surface area contributed by atoms with Crippen LogP contribution < -0.4 is 9.62 Å². The number of sulfonamides is 1. The molecule has 1 amide bonds. The Labute approximate surface area is 158 Å². The monoisotopic (exact) mass is 387 g/mol. The number of amides is 1. The average Bonchev–Trinajstić information content (AvgIpc) is 3.18. The lowest BCUT2D eigenvalue weighted by atomic mass is 9.80. The van der Waals surface area contributed by atoms with Crippen molar-refractivity contribution in [1.82, 2.24) is 4.98 Å². The molecule has 1 saturated heterocycles. The van der Waals surface area contributed by atoms with Crippen LogP contribution in [0.2, 0.25) is 0 Å². The molecule has 27 heavy (non-hydrogen) atoms. The zero-order chi connectivity index (χ0) is 19.2. The highest BCUT2D eigenvalue weighted by Crippen LogP contribution is 2.48. The van der Waals surface area contributed by atoms with Gasteiger partial charge in [0.05, 0.1) is 18.6 Å². The van der Waals surface area contributed by atoms with Gasteiger partial charge in [-0.05, 0) is 37.1 Å². The fourth-order valence-electron chi connectivity index (χ4n) is 3.93. The highest BCUT2D eigenvalue weighted by atomic mass is 32.2. The number of ether oxygens (including phenoxy) is 1. The van der Waals surface area contributed by atoms with E-state index in [2.05, 4.69) is 10.3 Å². The molecule has 1 aromatic carbocycles. The van der Waals surface area contributed by atoms with Crippen molar-refractivity contribution in [2.45, 2.75) is 24.9 Å². The van der Waals surface area contributed by atoms with Gasteiger partial charge in [-0.2, -0.15) is 0 Å². The van der Waals surface area contributed by atoms with Crippen LogP contribution in [0.15, 0.2) is 42.6 Å². The lowest BCUT2D eigenvalue weighted by Gasteiger charge is -2.23. The molecule has 7 nitrogen and oxygen atoms in total. The second-order valence-corrected chi connectivity index (χ2v) is 9.15. The maximum Gasteiger partial charge on any atom is 0.253 e. The van der Waals surface area contributed by atoms with Gasteiger partial charge in [-0.3, -0.25) is 14.1 Å². The number of rotatable bonds is 3. The van der Waals surface area contributed by atoms with Crippen molar-refractivity contribution in [3.63, 3.8) is 0 Å². The average molecular weight is 387 g/mol. The summed E-state index contributed by atoms with van der Waals surface area (Å²) in [5.74, 6) is -0.229. The molecule has 4 rings (SSSR count). The standard InChI is InChI=1S/C19H21N3O4S/c1-13-9-14(7-8-20-13)21-18(23)17-10-19(12-26-17)11-22(27(2,24)25)16-6-4-3-5-15(16)19/h3-9,17H,10-12H2,1-2H3,(H,20,21,23). The first kappa shape index (κ1) is 17.9. The Kier molecular flexibility index (Phi) is 4.20. The maximum atomic E-state index is 12.7. The number of anilines is 2. The number of nitrogens with one attached hydrogen (secondary N) is 1. The van der Waals surface area contributed by atoms with Crippen molar-refractivity contribution >= 4 is 27.3 Å². The van der Waals surface area contributed by atoms with E-state index in [-0.39, 0.29) is 5.91 Å². The molecule has 1 fully saturated rings. The number of benzene rings is 1. The highest BCUT2D eigenvalue weighted by molar-refractivity contribution is 7.92. The van der Waals surface area contributed by atoms with E-state index >= 15 is 0 Å². The lowest BCUT2D eigenvalue weighted by Crippen LogP contribution is -2.37. The van der Waals surface area contributed by atoms with Crippen molar-refractivity contribution in [3.05, 3.63) is 53.9 Å². The Bertz CT molecular complexity index is 1010. The summed E-state index contributed by atoms with van der Waals surface area (Å²) in [7, 11) is -3.40. The van der Waals surface area contributed by atoms with Crippen LogP contribution in [0.1, 0.15) is 17.7 Å². The van der Waals surface area contributed by atoms with Gasteiger partial charge in [0.25, 0.3) is 5.91 Å². The van der Waals surface area contributed by atoms with E-state index in [1.165, 1.54) is 10.6 Å². The fourth-order valence-corrected chi connectivity index (χ4v) is 4.92. The minimum absolute atomic E-state index is 0.229. The Morgan fingerprint density at radius 1 is 1.33 bits per heavy atom. The van der Waals surface area contributed by atoms with Crippen LogP contribution in [-0.4, -0.2) is 44.8 Å². The van der Waals surface area contributed by atoms with Gasteiger partial charge in [0.2, 0.25) is 10.0 Å². The minimum atomic E-state index is -3.40. The Morgan fingerprint density at radius 3 is 2.85 bits per heavy atom. The number of pyridine rings is 1. The van der Waals surface area contributed by atoms with Crippen LogP contribution in [0.25, 0.3) is 0 Å². The van der Waals surface area contributed by atoms with E-state index in [4.69, 9.17) is 4.74 Å². The van der Waals surface area contributed by atoms with E-state index in [1.807, 2.05) is 25.1 Å². The molecule has 1 spiro atoms.